The van der Waals surface area contributed by atoms with E-state index in [-0.39, 0.29) is 5.82 Å². The van der Waals surface area contributed by atoms with E-state index in [1.54, 1.807) is 0 Å². The average molecular weight is 716 g/mol. The summed E-state index contributed by atoms with van der Waals surface area (Å²) >= 11 is 0. The number of hydrogen-bond acceptors (Lipinski definition) is 2. The van der Waals surface area contributed by atoms with Gasteiger partial charge in [0.2, 0.25) is 0 Å². The first-order chi connectivity index (χ1) is 27.6. The minimum absolute atomic E-state index is 0.270. The van der Waals surface area contributed by atoms with Crippen molar-refractivity contribution in [3.8, 4) is 45.3 Å². The molecule has 56 heavy (non-hydrogen) atoms. The lowest BCUT2D eigenvalue weighted by atomic mass is 9.89. The van der Waals surface area contributed by atoms with Crippen LogP contribution in [0.2, 0.25) is 0 Å². The monoisotopic (exact) mass is 715 g/mol. The predicted molar refractivity (Wildman–Crippen MR) is 230 cm³/mol. The van der Waals surface area contributed by atoms with Gasteiger partial charge in [0.1, 0.15) is 5.82 Å². The molecule has 0 N–H and O–H groups in total. The highest BCUT2D eigenvalue weighted by molar-refractivity contribution is 6.33. The molecule has 11 rings (SSSR count). The lowest BCUT2D eigenvalue weighted by Crippen LogP contribution is -1.94. The summed E-state index contributed by atoms with van der Waals surface area (Å²) in [7, 11) is 0. The Morgan fingerprint density at radius 3 is 1.70 bits per heavy atom. The highest BCUT2D eigenvalue weighted by atomic mass is 19.1. The van der Waals surface area contributed by atoms with Crippen molar-refractivity contribution in [1.29, 1.82) is 5.26 Å². The summed E-state index contributed by atoms with van der Waals surface area (Å²) in [5.41, 5.74) is 10.8. The molecule has 0 unspecified atom stereocenters. The Hall–Kier alpha value is -7.61. The highest BCUT2D eigenvalue weighted by Gasteiger charge is 2.19. The lowest BCUT2D eigenvalue weighted by molar-refractivity contribution is 0.628. The zero-order valence-electron chi connectivity index (χ0n) is 30.0. The molecule has 0 spiro atoms. The molecule has 2 aromatic heterocycles. The van der Waals surface area contributed by atoms with Gasteiger partial charge in [-0.25, -0.2) is 9.37 Å². The van der Waals surface area contributed by atoms with Crippen molar-refractivity contribution in [3.05, 3.63) is 193 Å². The Labute approximate surface area is 321 Å². The van der Waals surface area contributed by atoms with Gasteiger partial charge in [-0.2, -0.15) is 5.26 Å². The second-order valence-electron chi connectivity index (χ2n) is 14.4. The van der Waals surface area contributed by atoms with Crippen LogP contribution < -0.4 is 0 Å². The fourth-order valence-corrected chi connectivity index (χ4v) is 8.66. The maximum absolute atomic E-state index is 14.2. The minimum Gasteiger partial charge on any atom is -0.309 e. The largest absolute Gasteiger partial charge is 0.309 e. The number of nitrogens with zero attached hydrogens (tertiary/aromatic N) is 3. The summed E-state index contributed by atoms with van der Waals surface area (Å²) in [5, 5.41) is 19.9. The summed E-state index contributed by atoms with van der Waals surface area (Å²) in [5.74, 6) is -0.270. The summed E-state index contributed by atoms with van der Waals surface area (Å²) in [6.45, 7) is 0. The molecule has 3 nitrogen and oxygen atoms in total. The van der Waals surface area contributed by atoms with Gasteiger partial charge in [0.25, 0.3) is 0 Å². The van der Waals surface area contributed by atoms with Crippen LogP contribution in [0.3, 0.4) is 0 Å². The maximum atomic E-state index is 14.2. The topological polar surface area (TPSA) is 41.6 Å². The molecule has 0 aliphatic carbocycles. The summed E-state index contributed by atoms with van der Waals surface area (Å²) < 4.78 is 16.4. The summed E-state index contributed by atoms with van der Waals surface area (Å²) in [6.07, 6.45) is 0. The fraction of sp³-hybridized carbons (Fsp3) is 0. The van der Waals surface area contributed by atoms with E-state index in [1.165, 1.54) is 28.3 Å². The molecule has 2 heterocycles. The van der Waals surface area contributed by atoms with E-state index in [4.69, 9.17) is 4.98 Å². The van der Waals surface area contributed by atoms with E-state index in [9.17, 15) is 9.65 Å². The number of hydrogen-bond donors (Lipinski definition) is 0. The number of nitriles is 1. The SMILES string of the molecule is N#Cc1ccc2c3cc(-c4ccc(-c5ccc6c(c5)nc(-c5ccc(F)cc5)c5c7ccccc7c7ccccc7c65)cc4)ccc3n(-c3ccccc3)c2c1. The van der Waals surface area contributed by atoms with Crippen molar-refractivity contribution in [2.45, 2.75) is 0 Å². The molecule has 0 radical (unpaired) electrons. The maximum Gasteiger partial charge on any atom is 0.123 e. The van der Waals surface area contributed by atoms with Gasteiger partial charge in [0, 0.05) is 38.2 Å². The Kier molecular flexibility index (Phi) is 7.10. The van der Waals surface area contributed by atoms with E-state index in [1.807, 2.05) is 42.5 Å². The van der Waals surface area contributed by atoms with E-state index in [0.29, 0.717) is 5.56 Å². The number of fused-ring (bicyclic) bond motifs is 11. The first-order valence-electron chi connectivity index (χ1n) is 18.7. The van der Waals surface area contributed by atoms with Crippen LogP contribution >= 0.6 is 0 Å². The second kappa shape index (κ2) is 12.5. The van der Waals surface area contributed by atoms with Gasteiger partial charge < -0.3 is 4.57 Å². The van der Waals surface area contributed by atoms with Crippen LogP contribution in [0, 0.1) is 17.1 Å². The van der Waals surface area contributed by atoms with Crippen LogP contribution in [0.15, 0.2) is 182 Å². The van der Waals surface area contributed by atoms with Crippen molar-refractivity contribution in [3.63, 3.8) is 0 Å². The number of benzene rings is 9. The van der Waals surface area contributed by atoms with E-state index in [2.05, 4.69) is 138 Å². The van der Waals surface area contributed by atoms with Gasteiger partial charge in [-0.1, -0.05) is 115 Å². The third-order valence-corrected chi connectivity index (χ3v) is 11.2. The Balaban J connectivity index is 1.05. The van der Waals surface area contributed by atoms with Crippen LogP contribution in [0.5, 0.6) is 0 Å². The number of pyridine rings is 1. The molecule has 0 saturated carbocycles. The average Bonchev–Trinajstić information content (AvgIpc) is 3.59. The molecule has 0 atom stereocenters. The smallest absolute Gasteiger partial charge is 0.123 e. The van der Waals surface area contributed by atoms with Crippen molar-refractivity contribution >= 4 is 65.0 Å². The van der Waals surface area contributed by atoms with E-state index >= 15 is 0 Å². The number of para-hydroxylation sites is 1. The molecule has 0 aliphatic heterocycles. The van der Waals surface area contributed by atoms with Gasteiger partial charge in [0.05, 0.1) is 33.9 Å². The second-order valence-corrected chi connectivity index (χ2v) is 14.4. The number of rotatable bonds is 4. The van der Waals surface area contributed by atoms with Gasteiger partial charge >= 0.3 is 0 Å². The van der Waals surface area contributed by atoms with Gasteiger partial charge in [-0.15, -0.1) is 0 Å². The third-order valence-electron chi connectivity index (χ3n) is 11.2. The molecule has 4 heteroatoms. The van der Waals surface area contributed by atoms with E-state index in [0.717, 1.165) is 88.1 Å². The lowest BCUT2D eigenvalue weighted by Gasteiger charge is -2.17. The van der Waals surface area contributed by atoms with Crippen molar-refractivity contribution < 1.29 is 4.39 Å². The van der Waals surface area contributed by atoms with Crippen molar-refractivity contribution in [2.24, 2.45) is 0 Å². The zero-order valence-corrected chi connectivity index (χ0v) is 30.0. The molecule has 11 aromatic rings. The van der Waals surface area contributed by atoms with Crippen molar-refractivity contribution in [1.82, 2.24) is 9.55 Å². The molecule has 0 saturated heterocycles. The first kappa shape index (κ1) is 31.9. The van der Waals surface area contributed by atoms with Crippen LogP contribution in [0.1, 0.15) is 5.56 Å². The first-order valence-corrected chi connectivity index (χ1v) is 18.7. The van der Waals surface area contributed by atoms with E-state index < -0.39 is 0 Å². The molecule has 9 aromatic carbocycles. The van der Waals surface area contributed by atoms with Gasteiger partial charge in [0.15, 0.2) is 0 Å². The molecule has 0 bridgehead atoms. The minimum atomic E-state index is -0.270. The van der Waals surface area contributed by atoms with Gasteiger partial charge in [-0.3, -0.25) is 0 Å². The molecular formula is C52H30FN3. The van der Waals surface area contributed by atoms with Crippen molar-refractivity contribution in [2.75, 3.05) is 0 Å². The summed E-state index contributed by atoms with van der Waals surface area (Å²) in [6, 6.07) is 64.2. The Bertz CT molecular complexity index is 3410. The standard InChI is InChI=1S/C52H30FN3/c53-38-23-19-35(20-24-38)52-51-44-13-7-5-11-41(44)40-10-4-6-12-43(40)50(51)45-26-21-37(30-47(45)55-52)34-17-15-33(16-18-34)36-22-27-48-46(29-36)42-25-14-32(31-54)28-49(42)56(48)39-8-2-1-3-9-39/h1-30H. The Morgan fingerprint density at radius 2 is 1.00 bits per heavy atom. The highest BCUT2D eigenvalue weighted by Crippen LogP contribution is 2.43. The Morgan fingerprint density at radius 1 is 0.429 bits per heavy atom. The zero-order chi connectivity index (χ0) is 37.3. The molecule has 0 fully saturated rings. The predicted octanol–water partition coefficient (Wildman–Crippen LogP) is 13.8. The molecular weight excluding hydrogens is 686 g/mol. The third kappa shape index (κ3) is 4.92. The summed E-state index contributed by atoms with van der Waals surface area (Å²) in [4.78, 5) is 5.36. The normalized spacial score (nSPS) is 11.6. The number of halogens is 1. The molecule has 0 amide bonds. The van der Waals surface area contributed by atoms with Crippen LogP contribution in [-0.4, -0.2) is 9.55 Å². The molecule has 0 aliphatic rings. The van der Waals surface area contributed by atoms with Crippen LogP contribution in [-0.2, 0) is 0 Å². The molecule has 260 valence electrons. The fourth-order valence-electron chi connectivity index (χ4n) is 8.66. The quantitative estimate of drug-likeness (QED) is 0.170. The van der Waals surface area contributed by atoms with Crippen LogP contribution in [0.25, 0.3) is 104 Å². The van der Waals surface area contributed by atoms with Gasteiger partial charge in [-0.05, 0) is 111 Å². The number of aromatic nitrogens is 2. The van der Waals surface area contributed by atoms with Crippen LogP contribution in [0.4, 0.5) is 4.39 Å².